The number of fused-ring (bicyclic) bond motifs is 1. The van der Waals surface area contributed by atoms with Gasteiger partial charge in [0.05, 0.1) is 28.9 Å². The van der Waals surface area contributed by atoms with E-state index < -0.39 is 37.6 Å². The monoisotopic (exact) mass is 568 g/mol. The molecule has 12 heteroatoms. The fraction of sp³-hybridized carbons (Fsp3) is 0.357. The zero-order valence-electron chi connectivity index (χ0n) is 22.6. The Morgan fingerprint density at radius 2 is 1.93 bits per heavy atom. The first-order chi connectivity index (χ1) is 19.1. The van der Waals surface area contributed by atoms with Gasteiger partial charge in [-0.15, -0.1) is 0 Å². The molecule has 0 saturated carbocycles. The highest BCUT2D eigenvalue weighted by molar-refractivity contribution is 6.76. The van der Waals surface area contributed by atoms with Gasteiger partial charge in [-0.2, -0.15) is 9.49 Å². The molecule has 210 valence electrons. The third kappa shape index (κ3) is 6.17. The standard InChI is InChI=1S/C28H31F3N6O2Si/c1-40(2,3)12-11-39-17-37-26-22(14-20(16-33-26)34-28(38)18-6-9-25(31)32-15-18)27(35-37)36-10-4-5-24(36)21-13-19(29)7-8-23(21)30/h6-9,13-16,24H,4-5,10-12,17H2,1-3H3,(H,34,38)/t24-/m1/s1. The van der Waals surface area contributed by atoms with E-state index in [1.807, 2.05) is 4.90 Å². The summed E-state index contributed by atoms with van der Waals surface area (Å²) in [7, 11) is -1.29. The molecular weight excluding hydrogens is 537 g/mol. The number of hydrogen-bond acceptors (Lipinski definition) is 6. The molecule has 1 saturated heterocycles. The van der Waals surface area contributed by atoms with E-state index in [1.54, 1.807) is 10.7 Å². The fourth-order valence-corrected chi connectivity index (χ4v) is 5.53. The lowest BCUT2D eigenvalue weighted by Gasteiger charge is -2.25. The SMILES string of the molecule is C[Si](C)(C)CCOCn1nc(N2CCC[C@@H]2c2cc(F)ccc2F)c2cc(NC(=O)c3ccc(F)nc3)cnc21. The number of carbonyl (C=O) groups excluding carboxylic acids is 1. The summed E-state index contributed by atoms with van der Waals surface area (Å²) in [4.78, 5) is 22.8. The minimum absolute atomic E-state index is 0.174. The largest absolute Gasteiger partial charge is 0.359 e. The molecule has 0 unspecified atom stereocenters. The first-order valence-corrected chi connectivity index (χ1v) is 16.9. The summed E-state index contributed by atoms with van der Waals surface area (Å²) >= 11 is 0. The molecule has 40 heavy (non-hydrogen) atoms. The Morgan fingerprint density at radius 1 is 1.10 bits per heavy atom. The first kappa shape index (κ1) is 27.8. The number of amides is 1. The Kier molecular flexibility index (Phi) is 7.90. The molecule has 3 aromatic heterocycles. The Morgan fingerprint density at radius 3 is 2.67 bits per heavy atom. The lowest BCUT2D eigenvalue weighted by molar-refractivity contribution is 0.0814. The van der Waals surface area contributed by atoms with Crippen LogP contribution in [0.5, 0.6) is 0 Å². The van der Waals surface area contributed by atoms with E-state index in [2.05, 4.69) is 34.9 Å². The van der Waals surface area contributed by atoms with Crippen LogP contribution in [0.25, 0.3) is 11.0 Å². The van der Waals surface area contributed by atoms with E-state index in [4.69, 9.17) is 9.84 Å². The van der Waals surface area contributed by atoms with Gasteiger partial charge in [0.2, 0.25) is 5.95 Å². The van der Waals surface area contributed by atoms with Crippen molar-refractivity contribution in [2.24, 2.45) is 0 Å². The number of pyridine rings is 2. The number of carbonyl (C=O) groups is 1. The highest BCUT2D eigenvalue weighted by Crippen LogP contribution is 2.40. The van der Waals surface area contributed by atoms with Gasteiger partial charge in [-0.1, -0.05) is 19.6 Å². The average molecular weight is 569 g/mol. The van der Waals surface area contributed by atoms with Crippen LogP contribution in [0.15, 0.2) is 48.8 Å². The first-order valence-electron chi connectivity index (χ1n) is 13.2. The summed E-state index contributed by atoms with van der Waals surface area (Å²) in [6.45, 7) is 8.17. The Labute approximate surface area is 231 Å². The molecule has 1 aromatic carbocycles. The molecule has 4 aromatic rings. The lowest BCUT2D eigenvalue weighted by atomic mass is 10.0. The second kappa shape index (κ2) is 11.4. The molecule has 0 bridgehead atoms. The zero-order chi connectivity index (χ0) is 28.4. The van der Waals surface area contributed by atoms with Gasteiger partial charge in [-0.05, 0) is 55.3 Å². The van der Waals surface area contributed by atoms with Crippen LogP contribution in [0.2, 0.25) is 25.7 Å². The van der Waals surface area contributed by atoms with Gasteiger partial charge >= 0.3 is 0 Å². The van der Waals surface area contributed by atoms with Gasteiger partial charge in [0.25, 0.3) is 5.91 Å². The van der Waals surface area contributed by atoms with Crippen molar-refractivity contribution >= 4 is 36.5 Å². The highest BCUT2D eigenvalue weighted by Gasteiger charge is 2.32. The van der Waals surface area contributed by atoms with Crippen LogP contribution in [-0.4, -0.2) is 46.9 Å². The van der Waals surface area contributed by atoms with Crippen LogP contribution < -0.4 is 10.2 Å². The molecular formula is C28H31F3N6O2Si. The van der Waals surface area contributed by atoms with Gasteiger partial charge in [-0.25, -0.2) is 23.4 Å². The van der Waals surface area contributed by atoms with Crippen molar-refractivity contribution in [1.82, 2.24) is 19.7 Å². The molecule has 1 atom stereocenters. The molecule has 0 aliphatic carbocycles. The number of aromatic nitrogens is 4. The van der Waals surface area contributed by atoms with Crippen molar-refractivity contribution in [3.05, 3.63) is 77.5 Å². The summed E-state index contributed by atoms with van der Waals surface area (Å²) in [6.07, 6.45) is 4.06. The van der Waals surface area contributed by atoms with Crippen molar-refractivity contribution in [1.29, 1.82) is 0 Å². The molecule has 1 amide bonds. The summed E-state index contributed by atoms with van der Waals surface area (Å²) < 4.78 is 49.7. The molecule has 1 aliphatic rings. The minimum Gasteiger partial charge on any atom is -0.359 e. The minimum atomic E-state index is -1.29. The van der Waals surface area contributed by atoms with E-state index in [1.165, 1.54) is 18.3 Å². The van der Waals surface area contributed by atoms with Crippen LogP contribution in [0.3, 0.4) is 0 Å². The average Bonchev–Trinajstić information content (AvgIpc) is 3.52. The van der Waals surface area contributed by atoms with Crippen LogP contribution in [0.1, 0.15) is 34.8 Å². The summed E-state index contributed by atoms with van der Waals surface area (Å²) in [5.74, 6) is -1.59. The van der Waals surface area contributed by atoms with E-state index in [-0.39, 0.29) is 17.9 Å². The Balaban J connectivity index is 1.49. The summed E-state index contributed by atoms with van der Waals surface area (Å²) in [5, 5.41) is 8.21. The number of ether oxygens (including phenoxy) is 1. The maximum Gasteiger partial charge on any atom is 0.257 e. The van der Waals surface area contributed by atoms with Crippen LogP contribution in [0, 0.1) is 17.6 Å². The van der Waals surface area contributed by atoms with Gasteiger partial charge in [0.15, 0.2) is 11.5 Å². The Hall–Kier alpha value is -3.77. The normalized spacial score (nSPS) is 15.7. The van der Waals surface area contributed by atoms with Gasteiger partial charge in [0.1, 0.15) is 18.4 Å². The Bertz CT molecular complexity index is 1520. The maximum atomic E-state index is 14.8. The fourth-order valence-electron chi connectivity index (χ4n) is 4.77. The number of rotatable bonds is 9. The lowest BCUT2D eigenvalue weighted by Crippen LogP contribution is -2.24. The summed E-state index contributed by atoms with van der Waals surface area (Å²) in [6, 6.07) is 8.26. The molecule has 1 aliphatic heterocycles. The quantitative estimate of drug-likeness (QED) is 0.148. The van der Waals surface area contributed by atoms with Crippen molar-refractivity contribution in [3.63, 3.8) is 0 Å². The van der Waals surface area contributed by atoms with Crippen molar-refractivity contribution in [2.75, 3.05) is 23.4 Å². The van der Waals surface area contributed by atoms with E-state index >= 15 is 0 Å². The third-order valence-corrected chi connectivity index (χ3v) is 8.57. The number of nitrogens with zero attached hydrogens (tertiary/aromatic N) is 5. The predicted octanol–water partition coefficient (Wildman–Crippen LogP) is 6.15. The molecule has 1 fully saturated rings. The van der Waals surface area contributed by atoms with E-state index in [0.29, 0.717) is 42.1 Å². The molecule has 5 rings (SSSR count). The third-order valence-electron chi connectivity index (χ3n) is 6.87. The second-order valence-corrected chi connectivity index (χ2v) is 16.7. The highest BCUT2D eigenvalue weighted by atomic mass is 28.3. The summed E-state index contributed by atoms with van der Waals surface area (Å²) in [5.41, 5.74) is 1.40. The zero-order valence-corrected chi connectivity index (χ0v) is 23.6. The molecule has 1 N–H and O–H groups in total. The molecule has 4 heterocycles. The smallest absolute Gasteiger partial charge is 0.257 e. The maximum absolute atomic E-state index is 14.8. The van der Waals surface area contributed by atoms with Crippen molar-refractivity contribution in [2.45, 2.75) is 51.3 Å². The van der Waals surface area contributed by atoms with Crippen LogP contribution in [0.4, 0.5) is 24.7 Å². The predicted molar refractivity (Wildman–Crippen MR) is 149 cm³/mol. The van der Waals surface area contributed by atoms with Crippen molar-refractivity contribution in [3.8, 4) is 0 Å². The number of nitrogens with one attached hydrogen (secondary N) is 1. The topological polar surface area (TPSA) is 85.2 Å². The number of halogens is 3. The van der Waals surface area contributed by atoms with Gasteiger partial charge in [-0.3, -0.25) is 4.79 Å². The molecule has 8 nitrogen and oxygen atoms in total. The number of benzene rings is 1. The van der Waals surface area contributed by atoms with Crippen LogP contribution in [-0.2, 0) is 11.5 Å². The van der Waals surface area contributed by atoms with Gasteiger partial charge in [0, 0.05) is 33.0 Å². The van der Waals surface area contributed by atoms with Crippen molar-refractivity contribution < 1.29 is 22.7 Å². The van der Waals surface area contributed by atoms with Gasteiger partial charge < -0.3 is 15.0 Å². The number of hydrogen-bond donors (Lipinski definition) is 1. The second-order valence-electron chi connectivity index (χ2n) is 11.1. The number of anilines is 2. The van der Waals surface area contributed by atoms with E-state index in [0.717, 1.165) is 36.9 Å². The van der Waals surface area contributed by atoms with E-state index in [9.17, 15) is 18.0 Å². The molecule has 0 radical (unpaired) electrons. The van der Waals surface area contributed by atoms with Crippen LogP contribution >= 0.6 is 0 Å². The molecule has 0 spiro atoms.